The molecule has 0 spiro atoms. The quantitative estimate of drug-likeness (QED) is 0.794. The molecule has 0 saturated heterocycles. The van der Waals surface area contributed by atoms with Crippen LogP contribution in [-0.4, -0.2) is 27.2 Å². The van der Waals surface area contributed by atoms with Gasteiger partial charge in [-0.3, -0.25) is 4.21 Å². The molecule has 1 rings (SSSR count). The van der Waals surface area contributed by atoms with Gasteiger partial charge in [-0.15, -0.1) is 0 Å². The van der Waals surface area contributed by atoms with E-state index in [9.17, 15) is 4.21 Å². The lowest BCUT2D eigenvalue weighted by molar-refractivity contribution is 0.672. The van der Waals surface area contributed by atoms with Crippen molar-refractivity contribution in [1.82, 2.24) is 4.98 Å². The maximum absolute atomic E-state index is 11.1. The molecule has 0 fully saturated rings. The third-order valence-electron chi connectivity index (χ3n) is 2.25. The molecule has 3 N–H and O–H groups in total. The Labute approximate surface area is 92.7 Å². The van der Waals surface area contributed by atoms with E-state index in [4.69, 9.17) is 5.73 Å². The molecule has 0 aliphatic heterocycles. The summed E-state index contributed by atoms with van der Waals surface area (Å²) in [7, 11) is -0.765. The Bertz CT molecular complexity index is 343. The topological polar surface area (TPSA) is 68.0 Å². The fourth-order valence-electron chi connectivity index (χ4n) is 1.13. The smallest absolute Gasteiger partial charge is 0.149 e. The van der Waals surface area contributed by atoms with E-state index in [1.54, 1.807) is 24.6 Å². The number of rotatable bonds is 5. The average molecular weight is 227 g/mol. The molecular weight excluding hydrogens is 210 g/mol. The van der Waals surface area contributed by atoms with Crippen LogP contribution in [0.4, 0.5) is 11.5 Å². The molecule has 2 unspecified atom stereocenters. The molecule has 84 valence electrons. The third-order valence-corrected chi connectivity index (χ3v) is 3.62. The number of pyridine rings is 1. The van der Waals surface area contributed by atoms with E-state index in [2.05, 4.69) is 10.3 Å². The monoisotopic (exact) mass is 227 g/mol. The van der Waals surface area contributed by atoms with E-state index < -0.39 is 10.8 Å². The number of anilines is 2. The van der Waals surface area contributed by atoms with Crippen LogP contribution in [0.1, 0.15) is 13.3 Å². The number of nitrogens with two attached hydrogens (primary N) is 1. The van der Waals surface area contributed by atoms with E-state index in [0.29, 0.717) is 11.5 Å². The van der Waals surface area contributed by atoms with Gasteiger partial charge in [0.2, 0.25) is 0 Å². The predicted molar refractivity (Wildman–Crippen MR) is 65.3 cm³/mol. The van der Waals surface area contributed by atoms with Gasteiger partial charge in [-0.05, 0) is 18.6 Å². The molecule has 0 aliphatic carbocycles. The first kappa shape index (κ1) is 12.0. The lowest BCUT2D eigenvalue weighted by Crippen LogP contribution is -2.15. The zero-order chi connectivity index (χ0) is 11.3. The summed E-state index contributed by atoms with van der Waals surface area (Å²) in [6.45, 7) is 2.71. The molecule has 0 bridgehead atoms. The normalized spacial score (nSPS) is 14.5. The second-order valence-corrected chi connectivity index (χ2v) is 5.27. The molecule has 1 aromatic rings. The third kappa shape index (κ3) is 3.87. The number of hydrogen-bond acceptors (Lipinski definition) is 4. The Morgan fingerprint density at radius 2 is 2.40 bits per heavy atom. The molecule has 5 heteroatoms. The lowest BCUT2D eigenvalue weighted by Gasteiger charge is -2.10. The maximum Gasteiger partial charge on any atom is 0.149 e. The van der Waals surface area contributed by atoms with E-state index in [1.807, 2.05) is 6.92 Å². The fourth-order valence-corrected chi connectivity index (χ4v) is 1.58. The number of hydrogen-bond donors (Lipinski definition) is 2. The van der Waals surface area contributed by atoms with Gasteiger partial charge in [-0.1, -0.05) is 6.92 Å². The summed E-state index contributed by atoms with van der Waals surface area (Å²) in [6.07, 6.45) is 4.26. The van der Waals surface area contributed by atoms with Crippen molar-refractivity contribution in [2.75, 3.05) is 23.9 Å². The van der Waals surface area contributed by atoms with Crippen LogP contribution in [0.25, 0.3) is 0 Å². The first-order chi connectivity index (χ1) is 7.11. The van der Waals surface area contributed by atoms with E-state index in [0.717, 1.165) is 13.0 Å². The predicted octanol–water partition coefficient (Wildman–Crippen LogP) is 1.23. The highest BCUT2D eigenvalue weighted by molar-refractivity contribution is 7.84. The lowest BCUT2D eigenvalue weighted by atomic mass is 10.3. The second kappa shape index (κ2) is 5.70. The van der Waals surface area contributed by atoms with Gasteiger partial charge in [0.05, 0.1) is 5.69 Å². The van der Waals surface area contributed by atoms with Gasteiger partial charge in [0.15, 0.2) is 0 Å². The van der Waals surface area contributed by atoms with E-state index >= 15 is 0 Å². The van der Waals surface area contributed by atoms with Crippen LogP contribution < -0.4 is 11.1 Å². The Morgan fingerprint density at radius 1 is 1.67 bits per heavy atom. The number of nitrogen functional groups attached to an aromatic ring is 1. The first-order valence-electron chi connectivity index (χ1n) is 4.88. The van der Waals surface area contributed by atoms with E-state index in [-0.39, 0.29) is 5.25 Å². The van der Waals surface area contributed by atoms with Crippen molar-refractivity contribution in [2.24, 2.45) is 0 Å². The summed E-state index contributed by atoms with van der Waals surface area (Å²) in [4.78, 5) is 4.11. The molecule has 1 aromatic heterocycles. The molecular formula is C10H17N3OS. The average Bonchev–Trinajstić information content (AvgIpc) is 2.20. The van der Waals surface area contributed by atoms with Crippen molar-refractivity contribution in [2.45, 2.75) is 18.6 Å². The molecule has 0 amide bonds. The van der Waals surface area contributed by atoms with Crippen molar-refractivity contribution in [3.8, 4) is 0 Å². The van der Waals surface area contributed by atoms with Gasteiger partial charge in [0.1, 0.15) is 5.82 Å². The summed E-state index contributed by atoms with van der Waals surface area (Å²) >= 11 is 0. The van der Waals surface area contributed by atoms with Crippen LogP contribution in [0.5, 0.6) is 0 Å². The van der Waals surface area contributed by atoms with Gasteiger partial charge in [-0.2, -0.15) is 0 Å². The van der Waals surface area contributed by atoms with Crippen LogP contribution in [0.15, 0.2) is 18.3 Å². The van der Waals surface area contributed by atoms with Gasteiger partial charge in [-0.25, -0.2) is 4.98 Å². The van der Waals surface area contributed by atoms with Gasteiger partial charge in [0.25, 0.3) is 0 Å². The summed E-state index contributed by atoms with van der Waals surface area (Å²) in [5.74, 6) is 0.701. The Balaban J connectivity index is 2.38. The van der Waals surface area contributed by atoms with Crippen molar-refractivity contribution < 1.29 is 4.21 Å². The molecule has 2 atom stereocenters. The van der Waals surface area contributed by atoms with Crippen molar-refractivity contribution in [3.05, 3.63) is 18.3 Å². The molecule has 0 aliphatic rings. The fraction of sp³-hybridized carbons (Fsp3) is 0.500. The minimum atomic E-state index is -0.765. The minimum absolute atomic E-state index is 0.197. The zero-order valence-electron chi connectivity index (χ0n) is 9.06. The van der Waals surface area contributed by atoms with Gasteiger partial charge in [0, 0.05) is 35.0 Å². The number of nitrogens with one attached hydrogen (secondary N) is 1. The van der Waals surface area contributed by atoms with Crippen LogP contribution in [0, 0.1) is 0 Å². The molecule has 4 nitrogen and oxygen atoms in total. The first-order valence-corrected chi connectivity index (χ1v) is 6.50. The number of aromatic nitrogens is 1. The Hall–Kier alpha value is -1.10. The SMILES string of the molecule is CC(CCNc1ncccc1N)S(C)=O. The summed E-state index contributed by atoms with van der Waals surface area (Å²) in [5.41, 5.74) is 6.35. The van der Waals surface area contributed by atoms with Crippen LogP contribution >= 0.6 is 0 Å². The van der Waals surface area contributed by atoms with Crippen molar-refractivity contribution in [1.29, 1.82) is 0 Å². The Morgan fingerprint density at radius 3 is 3.00 bits per heavy atom. The highest BCUT2D eigenvalue weighted by Gasteiger charge is 2.05. The largest absolute Gasteiger partial charge is 0.396 e. The van der Waals surface area contributed by atoms with Crippen molar-refractivity contribution in [3.63, 3.8) is 0 Å². The van der Waals surface area contributed by atoms with Gasteiger partial charge >= 0.3 is 0 Å². The summed E-state index contributed by atoms with van der Waals surface area (Å²) in [5, 5.41) is 3.32. The molecule has 0 saturated carbocycles. The molecule has 0 radical (unpaired) electrons. The number of nitrogens with zero attached hydrogens (tertiary/aromatic N) is 1. The molecule has 15 heavy (non-hydrogen) atoms. The highest BCUT2D eigenvalue weighted by Crippen LogP contribution is 2.13. The van der Waals surface area contributed by atoms with Crippen LogP contribution in [-0.2, 0) is 10.8 Å². The standard InChI is InChI=1S/C10H17N3OS/c1-8(15(2)14)5-7-13-10-9(11)4-3-6-12-10/h3-4,6,8H,5,7,11H2,1-2H3,(H,12,13). The molecule has 0 aromatic carbocycles. The summed E-state index contributed by atoms with van der Waals surface area (Å²) in [6, 6.07) is 3.60. The van der Waals surface area contributed by atoms with E-state index in [1.165, 1.54) is 0 Å². The minimum Gasteiger partial charge on any atom is -0.396 e. The highest BCUT2D eigenvalue weighted by atomic mass is 32.2. The zero-order valence-corrected chi connectivity index (χ0v) is 9.88. The van der Waals surface area contributed by atoms with Gasteiger partial charge < -0.3 is 11.1 Å². The maximum atomic E-state index is 11.1. The Kier molecular flexibility index (Phi) is 4.55. The van der Waals surface area contributed by atoms with Crippen LogP contribution in [0.3, 0.4) is 0 Å². The second-order valence-electron chi connectivity index (χ2n) is 3.47. The molecule has 1 heterocycles. The summed E-state index contributed by atoms with van der Waals surface area (Å²) < 4.78 is 11.1. The van der Waals surface area contributed by atoms with Crippen LogP contribution in [0.2, 0.25) is 0 Å². The van der Waals surface area contributed by atoms with Crippen molar-refractivity contribution >= 4 is 22.3 Å².